The third-order valence-corrected chi connectivity index (χ3v) is 4.62. The summed E-state index contributed by atoms with van der Waals surface area (Å²) >= 11 is 0. The van der Waals surface area contributed by atoms with Crippen molar-refractivity contribution in [1.29, 1.82) is 0 Å². The topological polar surface area (TPSA) is 55.1 Å². The highest BCUT2D eigenvalue weighted by atomic mass is 16.4. The van der Waals surface area contributed by atoms with Crippen LogP contribution in [0.3, 0.4) is 0 Å². The molecule has 1 aliphatic heterocycles. The Morgan fingerprint density at radius 1 is 1.24 bits per heavy atom. The summed E-state index contributed by atoms with van der Waals surface area (Å²) in [5, 5.41) is 9.26. The fourth-order valence-electron chi connectivity index (χ4n) is 3.46. The van der Waals surface area contributed by atoms with Crippen LogP contribution in [0.15, 0.2) is 30.3 Å². The van der Waals surface area contributed by atoms with E-state index in [2.05, 4.69) is 16.7 Å². The van der Waals surface area contributed by atoms with Gasteiger partial charge in [0.1, 0.15) is 5.82 Å². The fourth-order valence-corrected chi connectivity index (χ4v) is 3.46. The molecule has 1 fully saturated rings. The van der Waals surface area contributed by atoms with Gasteiger partial charge in [-0.3, -0.25) is 4.79 Å². The molecule has 1 aromatic heterocycles. The minimum absolute atomic E-state index is 0.136. The van der Waals surface area contributed by atoms with E-state index in [0.29, 0.717) is 0 Å². The average molecular weight is 282 g/mol. The van der Waals surface area contributed by atoms with Crippen LogP contribution >= 0.6 is 0 Å². The lowest BCUT2D eigenvalue weighted by atomic mass is 10.1. The van der Waals surface area contributed by atoms with E-state index in [0.717, 1.165) is 48.6 Å². The highest BCUT2D eigenvalue weighted by molar-refractivity contribution is 5.76. The summed E-state index contributed by atoms with van der Waals surface area (Å²) < 4.78 is 2.29. The Morgan fingerprint density at radius 3 is 2.76 bits per heavy atom. The van der Waals surface area contributed by atoms with Crippen molar-refractivity contribution in [3.8, 4) is 11.3 Å². The lowest BCUT2D eigenvalue weighted by Gasteiger charge is -2.16. The minimum atomic E-state index is -0.676. The average Bonchev–Trinajstić information content (AvgIpc) is 3.21. The number of imidazole rings is 1. The van der Waals surface area contributed by atoms with Gasteiger partial charge in [-0.2, -0.15) is 0 Å². The van der Waals surface area contributed by atoms with Crippen molar-refractivity contribution in [2.24, 2.45) is 5.92 Å². The predicted molar refractivity (Wildman–Crippen MR) is 79.1 cm³/mol. The molecule has 0 radical (unpaired) electrons. The van der Waals surface area contributed by atoms with Crippen LogP contribution in [0.4, 0.5) is 0 Å². The molecule has 0 spiro atoms. The van der Waals surface area contributed by atoms with Crippen LogP contribution in [0.2, 0.25) is 0 Å². The summed E-state index contributed by atoms with van der Waals surface area (Å²) in [6, 6.07) is 10.2. The number of aliphatic carboxylic acids is 1. The number of hydrogen-bond acceptors (Lipinski definition) is 2. The van der Waals surface area contributed by atoms with Gasteiger partial charge < -0.3 is 9.67 Å². The maximum atomic E-state index is 11.3. The quantitative estimate of drug-likeness (QED) is 0.941. The molecule has 0 bridgehead atoms. The van der Waals surface area contributed by atoms with Crippen molar-refractivity contribution >= 4 is 5.97 Å². The number of carboxylic acid groups (broad SMARTS) is 1. The standard InChI is InChI=1S/C17H18N2O2/c20-17(21)13-10-12(13)16-15(11-6-2-1-3-7-11)18-14-8-4-5-9-19(14)16/h1-3,6-7,12-13H,4-5,8-10H2,(H,20,21). The normalized spacial score (nSPS) is 23.6. The molecule has 0 amide bonds. The van der Waals surface area contributed by atoms with Crippen LogP contribution < -0.4 is 0 Å². The number of fused-ring (bicyclic) bond motifs is 1. The van der Waals surface area contributed by atoms with E-state index >= 15 is 0 Å². The first-order valence-electron chi connectivity index (χ1n) is 7.63. The second-order valence-corrected chi connectivity index (χ2v) is 6.02. The van der Waals surface area contributed by atoms with Crippen LogP contribution in [0.25, 0.3) is 11.3 Å². The van der Waals surface area contributed by atoms with Gasteiger partial charge in [-0.1, -0.05) is 30.3 Å². The Kier molecular flexibility index (Phi) is 2.84. The third-order valence-electron chi connectivity index (χ3n) is 4.62. The van der Waals surface area contributed by atoms with Gasteiger partial charge in [-0.25, -0.2) is 4.98 Å². The summed E-state index contributed by atoms with van der Waals surface area (Å²) in [4.78, 5) is 16.1. The molecule has 21 heavy (non-hydrogen) atoms. The molecule has 2 unspecified atom stereocenters. The maximum absolute atomic E-state index is 11.3. The van der Waals surface area contributed by atoms with Gasteiger partial charge >= 0.3 is 5.97 Å². The molecule has 2 aliphatic rings. The van der Waals surface area contributed by atoms with E-state index in [4.69, 9.17) is 4.98 Å². The smallest absolute Gasteiger partial charge is 0.307 e. The van der Waals surface area contributed by atoms with Gasteiger partial charge in [0, 0.05) is 30.1 Å². The molecule has 4 rings (SSSR count). The van der Waals surface area contributed by atoms with Crippen molar-refractivity contribution < 1.29 is 9.90 Å². The molecule has 0 saturated heterocycles. The van der Waals surface area contributed by atoms with Crippen LogP contribution in [0.5, 0.6) is 0 Å². The molecular formula is C17H18N2O2. The molecule has 1 aliphatic carbocycles. The second kappa shape index (κ2) is 4.72. The number of nitrogens with zero attached hydrogens (tertiary/aromatic N) is 2. The minimum Gasteiger partial charge on any atom is -0.481 e. The number of rotatable bonds is 3. The Morgan fingerprint density at radius 2 is 2.05 bits per heavy atom. The molecule has 4 nitrogen and oxygen atoms in total. The monoisotopic (exact) mass is 282 g/mol. The molecule has 108 valence electrons. The van der Waals surface area contributed by atoms with E-state index in [1.807, 2.05) is 18.2 Å². The number of carboxylic acids is 1. The van der Waals surface area contributed by atoms with E-state index in [-0.39, 0.29) is 11.8 Å². The zero-order valence-electron chi connectivity index (χ0n) is 11.8. The van der Waals surface area contributed by atoms with E-state index in [9.17, 15) is 9.90 Å². The molecule has 2 aromatic rings. The Bertz CT molecular complexity index is 690. The molecule has 2 atom stereocenters. The lowest BCUT2D eigenvalue weighted by molar-refractivity contribution is -0.138. The van der Waals surface area contributed by atoms with Crippen LogP contribution in [0, 0.1) is 5.92 Å². The molecule has 1 saturated carbocycles. The van der Waals surface area contributed by atoms with Crippen molar-refractivity contribution in [3.05, 3.63) is 41.9 Å². The summed E-state index contributed by atoms with van der Waals surface area (Å²) in [6.07, 6.45) is 4.09. The van der Waals surface area contributed by atoms with Crippen LogP contribution in [0.1, 0.15) is 36.7 Å². The maximum Gasteiger partial charge on any atom is 0.307 e. The van der Waals surface area contributed by atoms with E-state index < -0.39 is 5.97 Å². The third kappa shape index (κ3) is 2.06. The molecular weight excluding hydrogens is 264 g/mol. The predicted octanol–water partition coefficient (Wildman–Crippen LogP) is 3.07. The zero-order chi connectivity index (χ0) is 14.4. The molecule has 1 aromatic carbocycles. The lowest BCUT2D eigenvalue weighted by Crippen LogP contribution is -2.13. The Hall–Kier alpha value is -2.10. The van der Waals surface area contributed by atoms with Crippen LogP contribution in [-0.4, -0.2) is 20.6 Å². The number of hydrogen-bond donors (Lipinski definition) is 1. The van der Waals surface area contributed by atoms with Gasteiger partial charge in [0.25, 0.3) is 0 Å². The second-order valence-electron chi connectivity index (χ2n) is 6.02. The number of aryl methyl sites for hydroxylation is 1. The van der Waals surface area contributed by atoms with Crippen LogP contribution in [-0.2, 0) is 17.8 Å². The van der Waals surface area contributed by atoms with Crippen molar-refractivity contribution in [3.63, 3.8) is 0 Å². The highest BCUT2D eigenvalue weighted by Crippen LogP contribution is 2.51. The first-order chi connectivity index (χ1) is 10.3. The summed E-state index contributed by atoms with van der Waals surface area (Å²) in [6.45, 7) is 0.980. The Balaban J connectivity index is 1.83. The SMILES string of the molecule is O=C(O)C1CC1c1c(-c2ccccc2)nc2n1CCCC2. The van der Waals surface area contributed by atoms with Gasteiger partial charge in [-0.15, -0.1) is 0 Å². The fraction of sp³-hybridized carbons (Fsp3) is 0.412. The summed E-state index contributed by atoms with van der Waals surface area (Å²) in [5.41, 5.74) is 3.26. The number of aromatic nitrogens is 2. The molecule has 1 N–H and O–H groups in total. The zero-order valence-corrected chi connectivity index (χ0v) is 11.8. The molecule has 4 heteroatoms. The van der Waals surface area contributed by atoms with Crippen molar-refractivity contribution in [1.82, 2.24) is 9.55 Å². The van der Waals surface area contributed by atoms with Crippen molar-refractivity contribution in [2.45, 2.75) is 38.1 Å². The Labute approximate surface area is 123 Å². The number of carbonyl (C=O) groups is 1. The van der Waals surface area contributed by atoms with Gasteiger partial charge in [0.05, 0.1) is 11.6 Å². The van der Waals surface area contributed by atoms with Gasteiger partial charge in [-0.05, 0) is 19.3 Å². The van der Waals surface area contributed by atoms with E-state index in [1.165, 1.54) is 6.42 Å². The van der Waals surface area contributed by atoms with Gasteiger partial charge in [0.2, 0.25) is 0 Å². The number of benzene rings is 1. The van der Waals surface area contributed by atoms with Crippen molar-refractivity contribution in [2.75, 3.05) is 0 Å². The summed E-state index contributed by atoms with van der Waals surface area (Å²) in [7, 11) is 0. The first kappa shape index (κ1) is 12.6. The molecule has 2 heterocycles. The van der Waals surface area contributed by atoms with Gasteiger partial charge in [0.15, 0.2) is 0 Å². The summed E-state index contributed by atoms with van der Waals surface area (Å²) in [5.74, 6) is 0.365. The first-order valence-corrected chi connectivity index (χ1v) is 7.63. The highest BCUT2D eigenvalue weighted by Gasteiger charge is 2.48. The largest absolute Gasteiger partial charge is 0.481 e. The van der Waals surface area contributed by atoms with E-state index in [1.54, 1.807) is 0 Å².